The molecule has 0 radical (unpaired) electrons. The molecule has 0 spiro atoms. The Morgan fingerprint density at radius 1 is 1.36 bits per heavy atom. The Kier molecular flexibility index (Phi) is 4.81. The van der Waals surface area contributed by atoms with E-state index < -0.39 is 23.8 Å². The molecule has 0 saturated carbocycles. The van der Waals surface area contributed by atoms with E-state index >= 15 is 0 Å². The minimum Gasteiger partial charge on any atom is -0.480 e. The van der Waals surface area contributed by atoms with Crippen LogP contribution in [0.1, 0.15) is 12.5 Å². The van der Waals surface area contributed by atoms with Crippen molar-refractivity contribution in [1.82, 2.24) is 9.88 Å². The van der Waals surface area contributed by atoms with Gasteiger partial charge in [-0.25, -0.2) is 4.98 Å². The molecule has 1 fully saturated rings. The Hall–Kier alpha value is -1.54. The fourth-order valence-electron chi connectivity index (χ4n) is 2.30. The smallest absolute Gasteiger partial charge is 0.417 e. The van der Waals surface area contributed by atoms with E-state index in [1.807, 2.05) is 0 Å². The molecule has 1 aliphatic rings. The van der Waals surface area contributed by atoms with Crippen molar-refractivity contribution >= 4 is 23.4 Å². The van der Waals surface area contributed by atoms with Crippen molar-refractivity contribution in [3.63, 3.8) is 0 Å². The van der Waals surface area contributed by atoms with Crippen molar-refractivity contribution in [2.45, 2.75) is 19.1 Å². The molecule has 0 aromatic carbocycles. The minimum absolute atomic E-state index is 0.0606. The maximum Gasteiger partial charge on any atom is 0.417 e. The maximum atomic E-state index is 12.6. The number of hydrogen-bond donors (Lipinski definition) is 1. The van der Waals surface area contributed by atoms with Gasteiger partial charge in [0, 0.05) is 32.4 Å². The molecule has 1 aromatic rings. The molecule has 1 saturated heterocycles. The number of carboxylic acids is 1. The molecule has 2 rings (SSSR count). The van der Waals surface area contributed by atoms with Crippen molar-refractivity contribution in [2.24, 2.45) is 0 Å². The number of halogens is 4. The van der Waals surface area contributed by atoms with E-state index in [2.05, 4.69) is 4.98 Å². The van der Waals surface area contributed by atoms with Crippen molar-refractivity contribution in [1.29, 1.82) is 0 Å². The second-order valence-electron chi connectivity index (χ2n) is 5.06. The third-order valence-corrected chi connectivity index (χ3v) is 3.95. The Morgan fingerprint density at radius 2 is 1.95 bits per heavy atom. The molecule has 1 unspecified atom stereocenters. The molecular weight excluding hydrogens is 323 g/mol. The van der Waals surface area contributed by atoms with E-state index in [1.54, 1.807) is 16.7 Å². The van der Waals surface area contributed by atoms with Crippen LogP contribution in [0, 0.1) is 0 Å². The summed E-state index contributed by atoms with van der Waals surface area (Å²) in [6.45, 7) is 3.46. The summed E-state index contributed by atoms with van der Waals surface area (Å²) >= 11 is 5.91. The summed E-state index contributed by atoms with van der Waals surface area (Å²) in [6, 6.07) is 0.258. The molecule has 5 nitrogen and oxygen atoms in total. The standard InChI is InChI=1S/C13H15ClF3N3O2/c1-8(12(21)22)19-2-4-20(5-3-19)11-10(14)6-9(7-18-11)13(15,16)17/h6-8H,2-5H2,1H3,(H,21,22). The monoisotopic (exact) mass is 337 g/mol. The first-order valence-corrected chi connectivity index (χ1v) is 7.02. The van der Waals surface area contributed by atoms with Gasteiger partial charge >= 0.3 is 12.1 Å². The Balaban J connectivity index is 2.07. The largest absolute Gasteiger partial charge is 0.480 e. The van der Waals surface area contributed by atoms with Gasteiger partial charge in [-0.15, -0.1) is 0 Å². The van der Waals surface area contributed by atoms with Gasteiger partial charge in [0.1, 0.15) is 11.9 Å². The number of aromatic nitrogens is 1. The van der Waals surface area contributed by atoms with E-state index in [1.165, 1.54) is 0 Å². The third-order valence-electron chi connectivity index (χ3n) is 3.67. The van der Waals surface area contributed by atoms with Gasteiger partial charge in [-0.05, 0) is 13.0 Å². The fraction of sp³-hybridized carbons (Fsp3) is 0.538. The molecule has 0 bridgehead atoms. The van der Waals surface area contributed by atoms with E-state index in [0.717, 1.165) is 12.3 Å². The van der Waals surface area contributed by atoms with Crippen LogP contribution < -0.4 is 4.90 Å². The molecule has 9 heteroatoms. The lowest BCUT2D eigenvalue weighted by molar-refractivity contribution is -0.142. The number of anilines is 1. The first-order valence-electron chi connectivity index (χ1n) is 6.64. The Bertz CT molecular complexity index is 560. The number of nitrogens with zero attached hydrogens (tertiary/aromatic N) is 3. The van der Waals surface area contributed by atoms with Crippen LogP contribution in [0.2, 0.25) is 5.02 Å². The van der Waals surface area contributed by atoms with Crippen LogP contribution >= 0.6 is 11.6 Å². The number of carbonyl (C=O) groups is 1. The van der Waals surface area contributed by atoms with E-state index in [-0.39, 0.29) is 10.8 Å². The molecule has 22 heavy (non-hydrogen) atoms. The van der Waals surface area contributed by atoms with E-state index in [0.29, 0.717) is 26.2 Å². The minimum atomic E-state index is -4.48. The average Bonchev–Trinajstić information content (AvgIpc) is 2.45. The molecule has 1 atom stereocenters. The highest BCUT2D eigenvalue weighted by molar-refractivity contribution is 6.33. The zero-order valence-electron chi connectivity index (χ0n) is 11.8. The molecule has 1 aliphatic heterocycles. The zero-order chi connectivity index (χ0) is 16.5. The number of aliphatic carboxylic acids is 1. The summed E-state index contributed by atoms with van der Waals surface area (Å²) in [5.74, 6) is -0.614. The van der Waals surface area contributed by atoms with Crippen LogP contribution in [-0.4, -0.2) is 53.2 Å². The van der Waals surface area contributed by atoms with Crippen molar-refractivity contribution in [2.75, 3.05) is 31.1 Å². The first kappa shape index (κ1) is 16.8. The Labute approximate surface area is 130 Å². The zero-order valence-corrected chi connectivity index (χ0v) is 12.5. The second-order valence-corrected chi connectivity index (χ2v) is 5.47. The summed E-state index contributed by atoms with van der Waals surface area (Å²) in [6.07, 6.45) is -3.72. The average molecular weight is 338 g/mol. The molecule has 122 valence electrons. The van der Waals surface area contributed by atoms with E-state index in [4.69, 9.17) is 16.7 Å². The summed E-state index contributed by atoms with van der Waals surface area (Å²) in [7, 11) is 0. The highest BCUT2D eigenvalue weighted by Gasteiger charge is 2.32. The molecule has 1 N–H and O–H groups in total. The first-order chi connectivity index (χ1) is 10.2. The van der Waals surface area contributed by atoms with Crippen molar-refractivity contribution < 1.29 is 23.1 Å². The molecule has 2 heterocycles. The van der Waals surface area contributed by atoms with Crippen LogP contribution in [0.25, 0.3) is 0 Å². The predicted octanol–water partition coefficient (Wildman–Crippen LogP) is 2.35. The number of pyridine rings is 1. The predicted molar refractivity (Wildman–Crippen MR) is 75.1 cm³/mol. The van der Waals surface area contributed by atoms with Crippen LogP contribution in [-0.2, 0) is 11.0 Å². The SMILES string of the molecule is CC(C(=O)O)N1CCN(c2ncc(C(F)(F)F)cc2Cl)CC1. The quantitative estimate of drug-likeness (QED) is 0.917. The lowest BCUT2D eigenvalue weighted by Crippen LogP contribution is -2.52. The van der Waals surface area contributed by atoms with Gasteiger partial charge < -0.3 is 10.0 Å². The van der Waals surface area contributed by atoms with Crippen LogP contribution in [0.5, 0.6) is 0 Å². The van der Waals surface area contributed by atoms with Gasteiger partial charge in [-0.2, -0.15) is 13.2 Å². The van der Waals surface area contributed by atoms with Crippen LogP contribution in [0.4, 0.5) is 19.0 Å². The fourth-order valence-corrected chi connectivity index (χ4v) is 2.58. The van der Waals surface area contributed by atoms with Crippen molar-refractivity contribution in [3.05, 3.63) is 22.8 Å². The number of piperazine rings is 1. The molecule has 1 aromatic heterocycles. The van der Waals surface area contributed by atoms with Gasteiger partial charge in [0.2, 0.25) is 0 Å². The number of carboxylic acid groups (broad SMARTS) is 1. The van der Waals surface area contributed by atoms with Crippen LogP contribution in [0.3, 0.4) is 0 Å². The number of hydrogen-bond acceptors (Lipinski definition) is 4. The van der Waals surface area contributed by atoms with Gasteiger partial charge in [0.05, 0.1) is 10.6 Å². The summed E-state index contributed by atoms with van der Waals surface area (Å²) in [5.41, 5.74) is -0.889. The number of alkyl halides is 3. The van der Waals surface area contributed by atoms with Gasteiger partial charge in [-0.3, -0.25) is 9.69 Å². The molecule has 0 amide bonds. The summed E-state index contributed by atoms with van der Waals surface area (Å²) in [5, 5.41) is 8.91. The summed E-state index contributed by atoms with van der Waals surface area (Å²) < 4.78 is 37.7. The molecule has 0 aliphatic carbocycles. The summed E-state index contributed by atoms with van der Waals surface area (Å²) in [4.78, 5) is 18.3. The second kappa shape index (κ2) is 6.29. The lowest BCUT2D eigenvalue weighted by Gasteiger charge is -2.37. The topological polar surface area (TPSA) is 56.7 Å². The number of rotatable bonds is 3. The van der Waals surface area contributed by atoms with Gasteiger partial charge in [-0.1, -0.05) is 11.6 Å². The highest BCUT2D eigenvalue weighted by Crippen LogP contribution is 2.33. The normalized spacial score (nSPS) is 18.3. The Morgan fingerprint density at radius 3 is 2.41 bits per heavy atom. The van der Waals surface area contributed by atoms with Gasteiger partial charge in [0.15, 0.2) is 0 Å². The third kappa shape index (κ3) is 3.61. The van der Waals surface area contributed by atoms with Crippen LogP contribution in [0.15, 0.2) is 12.3 Å². The van der Waals surface area contributed by atoms with Gasteiger partial charge in [0.25, 0.3) is 0 Å². The lowest BCUT2D eigenvalue weighted by atomic mass is 10.2. The highest BCUT2D eigenvalue weighted by atomic mass is 35.5. The molecular formula is C13H15ClF3N3O2. The van der Waals surface area contributed by atoms with E-state index in [9.17, 15) is 18.0 Å². The maximum absolute atomic E-state index is 12.6. The van der Waals surface area contributed by atoms with Crippen molar-refractivity contribution in [3.8, 4) is 0 Å².